The molecule has 2 heterocycles. The van der Waals surface area contributed by atoms with Crippen LogP contribution < -0.4 is 4.90 Å². The summed E-state index contributed by atoms with van der Waals surface area (Å²) in [4.78, 5) is 8.89. The molecule has 2 aliphatic rings. The van der Waals surface area contributed by atoms with Gasteiger partial charge >= 0.3 is 0 Å². The number of thiazole rings is 1. The van der Waals surface area contributed by atoms with Crippen molar-refractivity contribution in [1.82, 2.24) is 9.88 Å². The van der Waals surface area contributed by atoms with Gasteiger partial charge in [0.1, 0.15) is 0 Å². The van der Waals surface area contributed by atoms with Gasteiger partial charge in [-0.2, -0.15) is 0 Å². The lowest BCUT2D eigenvalue weighted by atomic mass is 10.2. The second kappa shape index (κ2) is 4.05. The molecule has 0 spiro atoms. The standard InChI is InChI=1S/C11H16N4S/c12-10(9-1-2-9)14-4-6-15(7-5-14)11-13-3-8-16-11/h3,8-9,12H,1-2,4-7H2. The maximum Gasteiger partial charge on any atom is 0.185 e. The van der Waals surface area contributed by atoms with E-state index >= 15 is 0 Å². The molecule has 1 aliphatic carbocycles. The fourth-order valence-corrected chi connectivity index (χ4v) is 2.82. The van der Waals surface area contributed by atoms with Crippen LogP contribution in [0.1, 0.15) is 12.8 Å². The van der Waals surface area contributed by atoms with Gasteiger partial charge in [-0.3, -0.25) is 5.41 Å². The van der Waals surface area contributed by atoms with Crippen LogP contribution in [0.5, 0.6) is 0 Å². The molecule has 86 valence electrons. The number of aromatic nitrogens is 1. The first-order chi connectivity index (χ1) is 7.84. The summed E-state index contributed by atoms with van der Waals surface area (Å²) in [7, 11) is 0. The zero-order valence-corrected chi connectivity index (χ0v) is 10.0. The van der Waals surface area contributed by atoms with E-state index in [1.54, 1.807) is 11.3 Å². The van der Waals surface area contributed by atoms with Crippen molar-refractivity contribution in [3.8, 4) is 0 Å². The number of rotatable bonds is 2. The number of anilines is 1. The van der Waals surface area contributed by atoms with Gasteiger partial charge in [0.25, 0.3) is 0 Å². The van der Waals surface area contributed by atoms with E-state index in [1.807, 2.05) is 11.6 Å². The average molecular weight is 236 g/mol. The molecule has 1 N–H and O–H groups in total. The number of nitrogens with one attached hydrogen (secondary N) is 1. The van der Waals surface area contributed by atoms with Crippen molar-refractivity contribution in [2.45, 2.75) is 12.8 Å². The van der Waals surface area contributed by atoms with Gasteiger partial charge < -0.3 is 9.80 Å². The molecule has 16 heavy (non-hydrogen) atoms. The van der Waals surface area contributed by atoms with E-state index in [0.29, 0.717) is 5.92 Å². The third-order valence-electron chi connectivity index (χ3n) is 3.27. The summed E-state index contributed by atoms with van der Waals surface area (Å²) in [5.74, 6) is 1.45. The summed E-state index contributed by atoms with van der Waals surface area (Å²) < 4.78 is 0. The lowest BCUT2D eigenvalue weighted by Gasteiger charge is -2.36. The van der Waals surface area contributed by atoms with Crippen LogP contribution in [-0.4, -0.2) is 41.9 Å². The van der Waals surface area contributed by atoms with Gasteiger partial charge in [0.2, 0.25) is 0 Å². The van der Waals surface area contributed by atoms with Crippen molar-refractivity contribution in [2.75, 3.05) is 31.1 Å². The number of amidine groups is 1. The van der Waals surface area contributed by atoms with Crippen molar-refractivity contribution in [3.05, 3.63) is 11.6 Å². The third-order valence-corrected chi connectivity index (χ3v) is 4.11. The largest absolute Gasteiger partial charge is 0.357 e. The molecule has 1 aromatic heterocycles. The van der Waals surface area contributed by atoms with E-state index in [4.69, 9.17) is 5.41 Å². The minimum absolute atomic E-state index is 0.575. The maximum absolute atomic E-state index is 8.04. The van der Waals surface area contributed by atoms with Gasteiger partial charge in [0.05, 0.1) is 5.84 Å². The Morgan fingerprint density at radius 1 is 1.31 bits per heavy atom. The lowest BCUT2D eigenvalue weighted by molar-refractivity contribution is 0.374. The van der Waals surface area contributed by atoms with Crippen LogP contribution in [0.2, 0.25) is 0 Å². The summed E-state index contributed by atoms with van der Waals surface area (Å²) in [6.45, 7) is 3.97. The molecular weight excluding hydrogens is 220 g/mol. The third kappa shape index (κ3) is 1.91. The zero-order chi connectivity index (χ0) is 11.0. The highest BCUT2D eigenvalue weighted by molar-refractivity contribution is 7.13. The van der Waals surface area contributed by atoms with Gasteiger partial charge in [-0.15, -0.1) is 11.3 Å². The molecule has 4 nitrogen and oxygen atoms in total. The minimum Gasteiger partial charge on any atom is -0.357 e. The Morgan fingerprint density at radius 3 is 2.62 bits per heavy atom. The first-order valence-corrected chi connectivity index (χ1v) is 6.70. The fourth-order valence-electron chi connectivity index (χ4n) is 2.13. The Bertz CT molecular complexity index is 363. The molecule has 3 rings (SSSR count). The predicted octanol–water partition coefficient (Wildman–Crippen LogP) is 1.65. The van der Waals surface area contributed by atoms with E-state index in [2.05, 4.69) is 14.8 Å². The highest BCUT2D eigenvalue weighted by Crippen LogP contribution is 2.31. The van der Waals surface area contributed by atoms with Gasteiger partial charge in [0.15, 0.2) is 5.13 Å². The summed E-state index contributed by atoms with van der Waals surface area (Å²) in [5.41, 5.74) is 0. The van der Waals surface area contributed by atoms with Crippen LogP contribution in [0.15, 0.2) is 11.6 Å². The van der Waals surface area contributed by atoms with Gasteiger partial charge in [-0.1, -0.05) is 0 Å². The molecule has 1 saturated carbocycles. The Labute approximate surface area is 99.4 Å². The van der Waals surface area contributed by atoms with Crippen LogP contribution >= 0.6 is 11.3 Å². The Hall–Kier alpha value is -1.10. The average Bonchev–Trinajstić information content (AvgIpc) is 3.04. The number of hydrogen-bond acceptors (Lipinski definition) is 4. The fraction of sp³-hybridized carbons (Fsp3) is 0.636. The molecule has 5 heteroatoms. The molecule has 1 aromatic rings. The van der Waals surface area contributed by atoms with Crippen molar-refractivity contribution in [1.29, 1.82) is 5.41 Å². The summed E-state index contributed by atoms with van der Waals surface area (Å²) >= 11 is 1.70. The Morgan fingerprint density at radius 2 is 2.06 bits per heavy atom. The quantitative estimate of drug-likeness (QED) is 0.627. The Kier molecular flexibility index (Phi) is 2.55. The second-order valence-electron chi connectivity index (χ2n) is 4.45. The van der Waals surface area contributed by atoms with E-state index in [1.165, 1.54) is 12.8 Å². The molecule has 0 bridgehead atoms. The Balaban J connectivity index is 1.57. The highest BCUT2D eigenvalue weighted by Gasteiger charge is 2.31. The van der Waals surface area contributed by atoms with Crippen LogP contribution in [0.25, 0.3) is 0 Å². The lowest BCUT2D eigenvalue weighted by Crippen LogP contribution is -2.49. The SMILES string of the molecule is N=C(C1CC1)N1CCN(c2nccs2)CC1. The normalized spacial score (nSPS) is 21.2. The van der Waals surface area contributed by atoms with Gasteiger partial charge in [0, 0.05) is 43.7 Å². The smallest absolute Gasteiger partial charge is 0.185 e. The van der Waals surface area contributed by atoms with E-state index in [0.717, 1.165) is 37.1 Å². The molecule has 0 amide bonds. The maximum atomic E-state index is 8.04. The molecular formula is C11H16N4S. The molecule has 1 saturated heterocycles. The van der Waals surface area contributed by atoms with Crippen molar-refractivity contribution in [2.24, 2.45) is 5.92 Å². The number of hydrogen-bond donors (Lipinski definition) is 1. The first kappa shape index (κ1) is 10.1. The predicted molar refractivity (Wildman–Crippen MR) is 66.4 cm³/mol. The molecule has 0 atom stereocenters. The van der Waals surface area contributed by atoms with Crippen LogP contribution in [0, 0.1) is 11.3 Å². The van der Waals surface area contributed by atoms with E-state index in [9.17, 15) is 0 Å². The molecule has 2 fully saturated rings. The van der Waals surface area contributed by atoms with Crippen molar-refractivity contribution in [3.63, 3.8) is 0 Å². The van der Waals surface area contributed by atoms with Gasteiger partial charge in [-0.05, 0) is 12.8 Å². The van der Waals surface area contributed by atoms with Crippen LogP contribution in [0.4, 0.5) is 5.13 Å². The van der Waals surface area contributed by atoms with Crippen LogP contribution in [-0.2, 0) is 0 Å². The van der Waals surface area contributed by atoms with E-state index < -0.39 is 0 Å². The highest BCUT2D eigenvalue weighted by atomic mass is 32.1. The number of nitrogens with zero attached hydrogens (tertiary/aromatic N) is 3. The topological polar surface area (TPSA) is 43.2 Å². The summed E-state index contributed by atoms with van der Waals surface area (Å²) in [6.07, 6.45) is 4.32. The van der Waals surface area contributed by atoms with Crippen LogP contribution in [0.3, 0.4) is 0 Å². The molecule has 0 aromatic carbocycles. The zero-order valence-electron chi connectivity index (χ0n) is 9.22. The van der Waals surface area contributed by atoms with Gasteiger partial charge in [-0.25, -0.2) is 4.98 Å². The number of piperazine rings is 1. The first-order valence-electron chi connectivity index (χ1n) is 5.82. The minimum atomic E-state index is 0.575. The molecule has 0 radical (unpaired) electrons. The summed E-state index contributed by atoms with van der Waals surface area (Å²) in [6, 6.07) is 0. The van der Waals surface area contributed by atoms with Crippen molar-refractivity contribution < 1.29 is 0 Å². The second-order valence-corrected chi connectivity index (χ2v) is 5.32. The summed E-state index contributed by atoms with van der Waals surface area (Å²) in [5, 5.41) is 11.2. The monoisotopic (exact) mass is 236 g/mol. The van der Waals surface area contributed by atoms with Crippen molar-refractivity contribution >= 4 is 22.3 Å². The molecule has 1 aliphatic heterocycles. The van der Waals surface area contributed by atoms with E-state index in [-0.39, 0.29) is 0 Å². The molecule has 0 unspecified atom stereocenters.